The van der Waals surface area contributed by atoms with E-state index in [0.29, 0.717) is 11.0 Å². The van der Waals surface area contributed by atoms with E-state index >= 15 is 0 Å². The predicted octanol–water partition coefficient (Wildman–Crippen LogP) is 1.75. The standard InChI is InChI=1S/C6H3ClFN3/c7-4-1-3(8)2-5-6(4)10-11-9-5/h1-2H,(H,9,10,11). The van der Waals surface area contributed by atoms with Crippen molar-refractivity contribution < 1.29 is 4.39 Å². The summed E-state index contributed by atoms with van der Waals surface area (Å²) < 4.78 is 12.6. The smallest absolute Gasteiger partial charge is 0.131 e. The second-order valence-electron chi connectivity index (χ2n) is 2.08. The van der Waals surface area contributed by atoms with Crippen molar-refractivity contribution >= 4 is 22.6 Å². The Labute approximate surface area is 66.2 Å². The molecule has 0 spiro atoms. The fourth-order valence-electron chi connectivity index (χ4n) is 0.877. The molecule has 0 saturated heterocycles. The topological polar surface area (TPSA) is 41.6 Å². The highest BCUT2D eigenvalue weighted by molar-refractivity contribution is 6.34. The number of fused-ring (bicyclic) bond motifs is 1. The van der Waals surface area contributed by atoms with Gasteiger partial charge in [-0.3, -0.25) is 0 Å². The van der Waals surface area contributed by atoms with Crippen LogP contribution in [-0.4, -0.2) is 15.4 Å². The molecule has 0 aliphatic carbocycles. The Hall–Kier alpha value is -1.16. The molecule has 5 heteroatoms. The maximum Gasteiger partial charge on any atom is 0.131 e. The summed E-state index contributed by atoms with van der Waals surface area (Å²) in [6, 6.07) is 2.47. The van der Waals surface area contributed by atoms with Crippen LogP contribution in [0.2, 0.25) is 5.02 Å². The molecule has 1 aromatic carbocycles. The van der Waals surface area contributed by atoms with E-state index in [1.165, 1.54) is 12.1 Å². The lowest BCUT2D eigenvalue weighted by atomic mass is 10.3. The fourth-order valence-corrected chi connectivity index (χ4v) is 1.12. The number of benzene rings is 1. The van der Waals surface area contributed by atoms with Gasteiger partial charge in [-0.2, -0.15) is 15.4 Å². The number of aromatic amines is 1. The molecular formula is C6H3ClFN3. The van der Waals surface area contributed by atoms with Crippen LogP contribution >= 0.6 is 11.6 Å². The highest BCUT2D eigenvalue weighted by Crippen LogP contribution is 2.20. The number of hydrogen-bond acceptors (Lipinski definition) is 2. The molecule has 1 N–H and O–H groups in total. The van der Waals surface area contributed by atoms with Crippen molar-refractivity contribution in [3.63, 3.8) is 0 Å². The zero-order valence-electron chi connectivity index (χ0n) is 5.31. The van der Waals surface area contributed by atoms with Crippen molar-refractivity contribution in [2.45, 2.75) is 0 Å². The van der Waals surface area contributed by atoms with Crippen LogP contribution in [0.25, 0.3) is 11.0 Å². The normalized spacial score (nSPS) is 10.7. The Balaban J connectivity index is 2.91. The van der Waals surface area contributed by atoms with Crippen molar-refractivity contribution in [2.75, 3.05) is 0 Å². The zero-order valence-corrected chi connectivity index (χ0v) is 6.06. The molecule has 0 bridgehead atoms. The lowest BCUT2D eigenvalue weighted by molar-refractivity contribution is 0.629. The minimum absolute atomic E-state index is 0.272. The first-order chi connectivity index (χ1) is 5.27. The molecule has 0 atom stereocenters. The average Bonchev–Trinajstić information content (AvgIpc) is 2.34. The van der Waals surface area contributed by atoms with E-state index in [-0.39, 0.29) is 5.02 Å². The number of nitrogens with zero attached hydrogens (tertiary/aromatic N) is 2. The van der Waals surface area contributed by atoms with Crippen molar-refractivity contribution in [3.05, 3.63) is 23.0 Å². The van der Waals surface area contributed by atoms with E-state index < -0.39 is 5.82 Å². The summed E-state index contributed by atoms with van der Waals surface area (Å²) in [5, 5.41) is 10.0. The molecule has 2 rings (SSSR count). The molecule has 0 radical (unpaired) electrons. The van der Waals surface area contributed by atoms with Gasteiger partial charge in [0.25, 0.3) is 0 Å². The van der Waals surface area contributed by atoms with Gasteiger partial charge in [0.15, 0.2) is 0 Å². The van der Waals surface area contributed by atoms with Crippen LogP contribution in [0.4, 0.5) is 4.39 Å². The second kappa shape index (κ2) is 2.17. The summed E-state index contributed by atoms with van der Waals surface area (Å²) in [7, 11) is 0. The maximum absolute atomic E-state index is 12.6. The molecule has 0 unspecified atom stereocenters. The molecule has 0 fully saturated rings. The van der Waals surface area contributed by atoms with Gasteiger partial charge in [-0.1, -0.05) is 11.6 Å². The summed E-state index contributed by atoms with van der Waals surface area (Å²) in [6.45, 7) is 0. The Kier molecular flexibility index (Phi) is 1.29. The Morgan fingerprint density at radius 1 is 1.36 bits per heavy atom. The van der Waals surface area contributed by atoms with Gasteiger partial charge in [-0.15, -0.1) is 0 Å². The second-order valence-corrected chi connectivity index (χ2v) is 2.49. The van der Waals surface area contributed by atoms with Gasteiger partial charge in [-0.05, 0) is 6.07 Å². The van der Waals surface area contributed by atoms with Crippen molar-refractivity contribution in [1.82, 2.24) is 15.4 Å². The molecule has 0 saturated carbocycles. The summed E-state index contributed by atoms with van der Waals surface area (Å²) in [5.41, 5.74) is 0.933. The molecule has 0 aliphatic heterocycles. The molecular weight excluding hydrogens is 169 g/mol. The summed E-state index contributed by atoms with van der Waals surface area (Å²) >= 11 is 5.64. The number of rotatable bonds is 0. The van der Waals surface area contributed by atoms with Crippen molar-refractivity contribution in [1.29, 1.82) is 0 Å². The highest BCUT2D eigenvalue weighted by atomic mass is 35.5. The molecule has 0 aliphatic rings. The SMILES string of the molecule is Fc1cc(Cl)c2n[nH]nc2c1. The zero-order chi connectivity index (χ0) is 7.84. The Morgan fingerprint density at radius 2 is 2.18 bits per heavy atom. The number of H-pyrrole nitrogens is 1. The minimum atomic E-state index is -0.406. The Bertz CT molecular complexity index is 398. The molecule has 56 valence electrons. The average molecular weight is 172 g/mol. The monoisotopic (exact) mass is 171 g/mol. The van der Waals surface area contributed by atoms with Crippen LogP contribution in [0, 0.1) is 5.82 Å². The third-order valence-corrected chi connectivity index (χ3v) is 1.63. The summed E-state index contributed by atoms with van der Waals surface area (Å²) in [4.78, 5) is 0. The maximum atomic E-state index is 12.6. The number of nitrogens with one attached hydrogen (secondary N) is 1. The van der Waals surface area contributed by atoms with E-state index in [9.17, 15) is 4.39 Å². The van der Waals surface area contributed by atoms with E-state index in [2.05, 4.69) is 15.4 Å². The van der Waals surface area contributed by atoms with Gasteiger partial charge >= 0.3 is 0 Å². The molecule has 1 heterocycles. The number of hydrogen-bond donors (Lipinski definition) is 1. The Morgan fingerprint density at radius 3 is 3.00 bits per heavy atom. The van der Waals surface area contributed by atoms with Crippen LogP contribution in [-0.2, 0) is 0 Å². The van der Waals surface area contributed by atoms with Gasteiger partial charge < -0.3 is 0 Å². The van der Waals surface area contributed by atoms with Crippen LogP contribution < -0.4 is 0 Å². The molecule has 2 aromatic rings. The lowest BCUT2D eigenvalue weighted by Crippen LogP contribution is -1.76. The first-order valence-corrected chi connectivity index (χ1v) is 3.31. The van der Waals surface area contributed by atoms with Gasteiger partial charge in [0.05, 0.1) is 5.02 Å². The van der Waals surface area contributed by atoms with Crippen LogP contribution in [0.15, 0.2) is 12.1 Å². The molecule has 11 heavy (non-hydrogen) atoms. The third kappa shape index (κ3) is 0.952. The fraction of sp³-hybridized carbons (Fsp3) is 0. The molecule has 3 nitrogen and oxygen atoms in total. The van der Waals surface area contributed by atoms with Crippen LogP contribution in [0.3, 0.4) is 0 Å². The van der Waals surface area contributed by atoms with Crippen LogP contribution in [0.1, 0.15) is 0 Å². The summed E-state index contributed by atoms with van der Waals surface area (Å²) in [6.07, 6.45) is 0. The van der Waals surface area contributed by atoms with E-state index in [1.54, 1.807) is 0 Å². The molecule has 1 aromatic heterocycles. The van der Waals surface area contributed by atoms with Gasteiger partial charge in [-0.25, -0.2) is 4.39 Å². The van der Waals surface area contributed by atoms with Crippen molar-refractivity contribution in [2.24, 2.45) is 0 Å². The van der Waals surface area contributed by atoms with Gasteiger partial charge in [0.2, 0.25) is 0 Å². The quantitative estimate of drug-likeness (QED) is 0.656. The minimum Gasteiger partial charge on any atom is -0.207 e. The number of aromatic nitrogens is 3. The number of halogens is 2. The van der Waals surface area contributed by atoms with E-state index in [0.717, 1.165) is 0 Å². The van der Waals surface area contributed by atoms with Crippen molar-refractivity contribution in [3.8, 4) is 0 Å². The van der Waals surface area contributed by atoms with E-state index in [1.807, 2.05) is 0 Å². The first-order valence-electron chi connectivity index (χ1n) is 2.93. The summed E-state index contributed by atoms with van der Waals surface area (Å²) in [5.74, 6) is -0.406. The third-order valence-electron chi connectivity index (χ3n) is 1.34. The first kappa shape index (κ1) is 6.54. The highest BCUT2D eigenvalue weighted by Gasteiger charge is 2.04. The predicted molar refractivity (Wildman–Crippen MR) is 38.9 cm³/mol. The van der Waals surface area contributed by atoms with Crippen LogP contribution in [0.5, 0.6) is 0 Å². The lowest BCUT2D eigenvalue weighted by Gasteiger charge is -1.89. The van der Waals surface area contributed by atoms with E-state index in [4.69, 9.17) is 11.6 Å². The largest absolute Gasteiger partial charge is 0.207 e. The van der Waals surface area contributed by atoms with Gasteiger partial charge in [0, 0.05) is 6.07 Å². The van der Waals surface area contributed by atoms with Gasteiger partial charge in [0.1, 0.15) is 16.9 Å². The molecule has 0 amide bonds.